The molecule has 72 valence electrons. The Labute approximate surface area is 74.1 Å². The highest BCUT2D eigenvalue weighted by Gasteiger charge is 2.34. The minimum Gasteiger partial charge on any atom is -0.325 e. The van der Waals surface area contributed by atoms with Gasteiger partial charge in [0.05, 0.1) is 0 Å². The average molecular weight is 194 g/mol. The van der Waals surface area contributed by atoms with E-state index in [2.05, 4.69) is 0 Å². The van der Waals surface area contributed by atoms with Gasteiger partial charge in [-0.05, 0) is 34.1 Å². The Hall–Kier alpha value is -0.0200. The van der Waals surface area contributed by atoms with Gasteiger partial charge < -0.3 is 5.73 Å². The van der Waals surface area contributed by atoms with Crippen LogP contribution in [0.2, 0.25) is 0 Å². The average Bonchev–Trinajstić information content (AvgIpc) is 1.48. The van der Waals surface area contributed by atoms with Crippen molar-refractivity contribution in [2.24, 2.45) is 5.73 Å². The third-order valence-corrected chi connectivity index (χ3v) is 1.86. The van der Waals surface area contributed by atoms with Crippen LogP contribution in [0.15, 0.2) is 0 Å². The second-order valence-electron chi connectivity index (χ2n) is 4.25. The SMILES string of the molecule is CC(C)(N)CC(C)(C)O[P+](=O)O. The first-order valence-corrected chi connectivity index (χ1v) is 4.90. The molecule has 0 heterocycles. The lowest BCUT2D eigenvalue weighted by Crippen LogP contribution is -2.40. The van der Waals surface area contributed by atoms with Crippen molar-refractivity contribution in [2.75, 3.05) is 0 Å². The molecule has 3 N–H and O–H groups in total. The quantitative estimate of drug-likeness (QED) is 0.666. The van der Waals surface area contributed by atoms with Crippen molar-refractivity contribution in [2.45, 2.75) is 45.3 Å². The number of rotatable bonds is 4. The zero-order chi connectivity index (χ0) is 9.99. The topological polar surface area (TPSA) is 72.5 Å². The summed E-state index contributed by atoms with van der Waals surface area (Å²) >= 11 is 0. The van der Waals surface area contributed by atoms with Gasteiger partial charge in [0, 0.05) is 10.1 Å². The second kappa shape index (κ2) is 3.79. The molecule has 0 amide bonds. The van der Waals surface area contributed by atoms with E-state index in [9.17, 15) is 4.57 Å². The standard InChI is InChI=1S/C7H16NO3P/c1-6(2,8)5-7(3,4)11-12(9)10/h5,8H2,1-4H3/p+1. The van der Waals surface area contributed by atoms with Gasteiger partial charge in [-0.25, -0.2) is 0 Å². The van der Waals surface area contributed by atoms with Gasteiger partial charge in [0.2, 0.25) is 0 Å². The fraction of sp³-hybridized carbons (Fsp3) is 1.00. The lowest BCUT2D eigenvalue weighted by atomic mass is 9.91. The Morgan fingerprint density at radius 1 is 1.42 bits per heavy atom. The summed E-state index contributed by atoms with van der Waals surface area (Å²) < 4.78 is 15.2. The summed E-state index contributed by atoms with van der Waals surface area (Å²) in [6.45, 7) is 7.18. The molecule has 0 rings (SSSR count). The van der Waals surface area contributed by atoms with E-state index in [1.807, 2.05) is 13.8 Å². The van der Waals surface area contributed by atoms with Gasteiger partial charge in [-0.15, -0.1) is 9.42 Å². The Balaban J connectivity index is 4.13. The third kappa shape index (κ3) is 6.68. The van der Waals surface area contributed by atoms with E-state index in [-0.39, 0.29) is 0 Å². The van der Waals surface area contributed by atoms with Crippen molar-refractivity contribution >= 4 is 8.25 Å². The first-order chi connectivity index (χ1) is 5.12. The zero-order valence-electron chi connectivity index (χ0n) is 8.00. The van der Waals surface area contributed by atoms with Crippen LogP contribution in [0.5, 0.6) is 0 Å². The van der Waals surface area contributed by atoms with Crippen LogP contribution in [0.4, 0.5) is 0 Å². The molecule has 1 unspecified atom stereocenters. The van der Waals surface area contributed by atoms with Crippen LogP contribution in [0, 0.1) is 0 Å². The van der Waals surface area contributed by atoms with Gasteiger partial charge in [-0.2, -0.15) is 0 Å². The van der Waals surface area contributed by atoms with Gasteiger partial charge in [-0.3, -0.25) is 0 Å². The Morgan fingerprint density at radius 2 is 1.83 bits per heavy atom. The van der Waals surface area contributed by atoms with E-state index in [0.29, 0.717) is 6.42 Å². The van der Waals surface area contributed by atoms with Crippen LogP contribution in [-0.2, 0) is 9.09 Å². The van der Waals surface area contributed by atoms with Gasteiger partial charge in [0.1, 0.15) is 5.60 Å². The Morgan fingerprint density at radius 3 is 2.08 bits per heavy atom. The molecule has 0 aliphatic heterocycles. The van der Waals surface area contributed by atoms with Crippen LogP contribution < -0.4 is 5.73 Å². The molecule has 0 radical (unpaired) electrons. The largest absolute Gasteiger partial charge is 0.695 e. The maximum Gasteiger partial charge on any atom is 0.695 e. The first kappa shape index (κ1) is 12.0. The molecule has 0 fully saturated rings. The number of nitrogens with two attached hydrogens (primary N) is 1. The third-order valence-electron chi connectivity index (χ3n) is 1.21. The highest BCUT2D eigenvalue weighted by Crippen LogP contribution is 2.30. The van der Waals surface area contributed by atoms with Crippen molar-refractivity contribution in [3.63, 3.8) is 0 Å². The monoisotopic (exact) mass is 194 g/mol. The highest BCUT2D eigenvalue weighted by molar-refractivity contribution is 7.32. The van der Waals surface area contributed by atoms with Gasteiger partial charge in [-0.1, -0.05) is 0 Å². The van der Waals surface area contributed by atoms with Crippen molar-refractivity contribution in [3.05, 3.63) is 0 Å². The van der Waals surface area contributed by atoms with Gasteiger partial charge >= 0.3 is 8.25 Å². The van der Waals surface area contributed by atoms with Crippen LogP contribution in [0.3, 0.4) is 0 Å². The van der Waals surface area contributed by atoms with E-state index in [4.69, 9.17) is 15.2 Å². The fourth-order valence-electron chi connectivity index (χ4n) is 1.34. The zero-order valence-corrected chi connectivity index (χ0v) is 8.89. The summed E-state index contributed by atoms with van der Waals surface area (Å²) in [5.74, 6) is 0. The predicted octanol–water partition coefficient (Wildman–Crippen LogP) is 1.56. The van der Waals surface area contributed by atoms with E-state index >= 15 is 0 Å². The fourth-order valence-corrected chi connectivity index (χ4v) is 1.83. The second-order valence-corrected chi connectivity index (χ2v) is 4.91. The molecule has 0 saturated carbocycles. The number of hydrogen-bond donors (Lipinski definition) is 2. The minimum atomic E-state index is -2.55. The molecule has 0 saturated heterocycles. The smallest absolute Gasteiger partial charge is 0.325 e. The summed E-state index contributed by atoms with van der Waals surface area (Å²) in [5, 5.41) is 0. The molecular weight excluding hydrogens is 177 g/mol. The minimum absolute atomic E-state index is 0.394. The summed E-state index contributed by atoms with van der Waals surface area (Å²) in [4.78, 5) is 8.53. The normalized spacial score (nSPS) is 14.7. The molecule has 0 bridgehead atoms. The molecule has 4 nitrogen and oxygen atoms in total. The van der Waals surface area contributed by atoms with Crippen molar-refractivity contribution < 1.29 is 14.0 Å². The maximum atomic E-state index is 10.4. The molecular formula is C7H17NO3P+. The van der Waals surface area contributed by atoms with E-state index in [1.54, 1.807) is 13.8 Å². The molecule has 0 aromatic carbocycles. The van der Waals surface area contributed by atoms with Crippen LogP contribution in [0.25, 0.3) is 0 Å². The van der Waals surface area contributed by atoms with Crippen molar-refractivity contribution in [1.29, 1.82) is 0 Å². The Bertz CT molecular complexity index is 174. The summed E-state index contributed by atoms with van der Waals surface area (Å²) in [6, 6.07) is 0. The molecule has 0 spiro atoms. The molecule has 5 heteroatoms. The predicted molar refractivity (Wildman–Crippen MR) is 47.9 cm³/mol. The van der Waals surface area contributed by atoms with Gasteiger partial charge in [0.15, 0.2) is 0 Å². The number of hydrogen-bond acceptors (Lipinski definition) is 3. The molecule has 0 aliphatic carbocycles. The molecule has 12 heavy (non-hydrogen) atoms. The van der Waals surface area contributed by atoms with Crippen molar-refractivity contribution in [3.8, 4) is 0 Å². The summed E-state index contributed by atoms with van der Waals surface area (Å²) in [5.41, 5.74) is 4.69. The highest BCUT2D eigenvalue weighted by atomic mass is 31.1. The summed E-state index contributed by atoms with van der Waals surface area (Å²) in [7, 11) is -2.55. The van der Waals surface area contributed by atoms with E-state index in [0.717, 1.165) is 0 Å². The molecule has 0 aromatic heterocycles. The molecule has 0 aromatic rings. The lowest BCUT2D eigenvalue weighted by molar-refractivity contribution is 0.0744. The van der Waals surface area contributed by atoms with Crippen LogP contribution >= 0.6 is 8.25 Å². The first-order valence-electron chi connectivity index (χ1n) is 3.77. The summed E-state index contributed by atoms with van der Waals surface area (Å²) in [6.07, 6.45) is 0.529. The van der Waals surface area contributed by atoms with Gasteiger partial charge in [0.25, 0.3) is 0 Å². The molecule has 0 aliphatic rings. The van der Waals surface area contributed by atoms with Crippen LogP contribution in [0.1, 0.15) is 34.1 Å². The van der Waals surface area contributed by atoms with Crippen LogP contribution in [-0.4, -0.2) is 16.0 Å². The van der Waals surface area contributed by atoms with E-state index in [1.165, 1.54) is 0 Å². The molecule has 1 atom stereocenters. The Kier molecular flexibility index (Phi) is 3.79. The van der Waals surface area contributed by atoms with E-state index < -0.39 is 19.4 Å². The van der Waals surface area contributed by atoms with Crippen molar-refractivity contribution in [1.82, 2.24) is 0 Å². The maximum absolute atomic E-state index is 10.4. The lowest BCUT2D eigenvalue weighted by Gasteiger charge is -2.26.